The molecule has 0 aliphatic rings. The molecule has 0 aliphatic heterocycles. The lowest BCUT2D eigenvalue weighted by molar-refractivity contribution is 0.123. The molecule has 1 atom stereocenters. The van der Waals surface area contributed by atoms with Gasteiger partial charge in [-0.3, -0.25) is 0 Å². The lowest BCUT2D eigenvalue weighted by Crippen LogP contribution is -2.35. The van der Waals surface area contributed by atoms with Gasteiger partial charge in [-0.2, -0.15) is 0 Å². The summed E-state index contributed by atoms with van der Waals surface area (Å²) in [6, 6.07) is 0. The summed E-state index contributed by atoms with van der Waals surface area (Å²) >= 11 is 5.49. The number of aliphatic hydroxyl groups is 1. The molecule has 1 unspecified atom stereocenters. The Morgan fingerprint density at radius 1 is 1.42 bits per heavy atom. The maximum absolute atomic E-state index is 9.25. The summed E-state index contributed by atoms with van der Waals surface area (Å²) in [7, 11) is 2.00. The molecule has 0 amide bonds. The first-order valence-corrected chi connectivity index (χ1v) is 4.81. The Kier molecular flexibility index (Phi) is 5.14. The van der Waals surface area contributed by atoms with Gasteiger partial charge in [0.25, 0.3) is 0 Å². The number of nitrogens with zero attached hydrogens (tertiary/aromatic N) is 1. The van der Waals surface area contributed by atoms with Crippen LogP contribution < -0.4 is 0 Å². The van der Waals surface area contributed by atoms with Crippen molar-refractivity contribution < 1.29 is 5.11 Å². The highest BCUT2D eigenvalue weighted by molar-refractivity contribution is 6.18. The molecule has 0 aromatic carbocycles. The Hall–Kier alpha value is 0.210. The zero-order chi connectivity index (χ0) is 9.78. The predicted octanol–water partition coefficient (Wildman–Crippen LogP) is 1.56. The standard InChI is InChI=1S/C9H20ClNO/c1-9(2,3)7-11(4)6-8(12)5-10/h8,12H,5-7H2,1-4H3. The topological polar surface area (TPSA) is 23.5 Å². The SMILES string of the molecule is CN(CC(O)CCl)CC(C)(C)C. The summed E-state index contributed by atoms with van der Waals surface area (Å²) in [5.41, 5.74) is 0.279. The van der Waals surface area contributed by atoms with Gasteiger partial charge in [0.05, 0.1) is 6.10 Å². The van der Waals surface area contributed by atoms with Gasteiger partial charge in [0, 0.05) is 19.0 Å². The number of hydrogen-bond donors (Lipinski definition) is 1. The maximum atomic E-state index is 9.25. The van der Waals surface area contributed by atoms with E-state index < -0.39 is 6.10 Å². The predicted molar refractivity (Wildman–Crippen MR) is 53.7 cm³/mol. The lowest BCUT2D eigenvalue weighted by atomic mass is 9.96. The second kappa shape index (κ2) is 5.05. The lowest BCUT2D eigenvalue weighted by Gasteiger charge is -2.27. The van der Waals surface area contributed by atoms with Crippen molar-refractivity contribution in [3.8, 4) is 0 Å². The number of aliphatic hydroxyl groups excluding tert-OH is 1. The zero-order valence-corrected chi connectivity index (χ0v) is 9.23. The van der Waals surface area contributed by atoms with Crippen LogP contribution in [0.2, 0.25) is 0 Å². The fourth-order valence-electron chi connectivity index (χ4n) is 1.28. The van der Waals surface area contributed by atoms with E-state index in [1.807, 2.05) is 7.05 Å². The number of likely N-dealkylation sites (N-methyl/N-ethyl adjacent to an activating group) is 1. The summed E-state index contributed by atoms with van der Waals surface area (Å²) < 4.78 is 0. The van der Waals surface area contributed by atoms with Crippen LogP contribution in [0.15, 0.2) is 0 Å². The van der Waals surface area contributed by atoms with E-state index in [1.165, 1.54) is 0 Å². The van der Waals surface area contributed by atoms with Crippen molar-refractivity contribution in [2.45, 2.75) is 26.9 Å². The van der Waals surface area contributed by atoms with E-state index in [0.717, 1.165) is 6.54 Å². The molecule has 0 saturated heterocycles. The van der Waals surface area contributed by atoms with Crippen LogP contribution in [-0.4, -0.2) is 42.1 Å². The van der Waals surface area contributed by atoms with Crippen molar-refractivity contribution in [1.29, 1.82) is 0 Å². The molecule has 12 heavy (non-hydrogen) atoms. The Morgan fingerprint density at radius 3 is 2.25 bits per heavy atom. The Bertz CT molecular complexity index is 122. The minimum atomic E-state index is -0.404. The molecule has 74 valence electrons. The first-order valence-electron chi connectivity index (χ1n) is 4.28. The van der Waals surface area contributed by atoms with Crippen LogP contribution >= 0.6 is 11.6 Å². The fourth-order valence-corrected chi connectivity index (χ4v) is 1.38. The molecule has 0 spiro atoms. The van der Waals surface area contributed by atoms with Gasteiger partial charge in [0.15, 0.2) is 0 Å². The van der Waals surface area contributed by atoms with E-state index in [1.54, 1.807) is 0 Å². The van der Waals surface area contributed by atoms with Crippen molar-refractivity contribution in [2.75, 3.05) is 26.0 Å². The van der Waals surface area contributed by atoms with Gasteiger partial charge < -0.3 is 10.0 Å². The van der Waals surface area contributed by atoms with E-state index in [4.69, 9.17) is 11.6 Å². The van der Waals surface area contributed by atoms with Gasteiger partial charge in [0.2, 0.25) is 0 Å². The number of rotatable bonds is 4. The van der Waals surface area contributed by atoms with E-state index in [0.29, 0.717) is 12.4 Å². The van der Waals surface area contributed by atoms with Crippen molar-refractivity contribution in [3.63, 3.8) is 0 Å². The van der Waals surface area contributed by atoms with Crippen molar-refractivity contribution in [1.82, 2.24) is 4.90 Å². The first-order chi connectivity index (χ1) is 5.35. The van der Waals surface area contributed by atoms with Crippen LogP contribution in [-0.2, 0) is 0 Å². The van der Waals surface area contributed by atoms with Crippen molar-refractivity contribution >= 4 is 11.6 Å². The summed E-state index contributed by atoms with van der Waals surface area (Å²) in [6.45, 7) is 8.16. The van der Waals surface area contributed by atoms with Gasteiger partial charge >= 0.3 is 0 Å². The molecule has 0 fully saturated rings. The minimum absolute atomic E-state index is 0.279. The van der Waals surface area contributed by atoms with Crippen LogP contribution in [0.4, 0.5) is 0 Å². The van der Waals surface area contributed by atoms with Crippen LogP contribution in [0, 0.1) is 5.41 Å². The fraction of sp³-hybridized carbons (Fsp3) is 1.00. The van der Waals surface area contributed by atoms with Gasteiger partial charge in [-0.1, -0.05) is 20.8 Å². The average Bonchev–Trinajstić information content (AvgIpc) is 1.82. The molecular weight excluding hydrogens is 174 g/mol. The number of halogens is 1. The number of alkyl halides is 1. The minimum Gasteiger partial charge on any atom is -0.391 e. The van der Waals surface area contributed by atoms with Crippen molar-refractivity contribution in [2.24, 2.45) is 5.41 Å². The number of hydrogen-bond acceptors (Lipinski definition) is 2. The molecule has 2 nitrogen and oxygen atoms in total. The summed E-state index contributed by atoms with van der Waals surface area (Å²) in [5, 5.41) is 9.25. The molecule has 0 heterocycles. The summed E-state index contributed by atoms with van der Waals surface area (Å²) in [4.78, 5) is 2.10. The Labute approximate surface area is 80.5 Å². The normalized spacial score (nSPS) is 15.2. The third kappa shape index (κ3) is 6.89. The molecule has 0 aromatic rings. The molecular formula is C9H20ClNO. The smallest absolute Gasteiger partial charge is 0.0802 e. The Morgan fingerprint density at radius 2 is 1.92 bits per heavy atom. The van der Waals surface area contributed by atoms with Gasteiger partial charge in [-0.15, -0.1) is 11.6 Å². The third-order valence-electron chi connectivity index (χ3n) is 1.44. The average molecular weight is 194 g/mol. The molecule has 3 heteroatoms. The molecule has 0 radical (unpaired) electrons. The zero-order valence-electron chi connectivity index (χ0n) is 8.47. The highest BCUT2D eigenvalue weighted by Crippen LogP contribution is 2.14. The second-order valence-electron chi connectivity index (χ2n) is 4.57. The molecule has 0 saturated carbocycles. The van der Waals surface area contributed by atoms with E-state index in [9.17, 15) is 5.11 Å². The highest BCUT2D eigenvalue weighted by Gasteiger charge is 2.15. The monoisotopic (exact) mass is 193 g/mol. The molecule has 0 aromatic heterocycles. The van der Waals surface area contributed by atoms with E-state index >= 15 is 0 Å². The maximum Gasteiger partial charge on any atom is 0.0802 e. The van der Waals surface area contributed by atoms with E-state index in [2.05, 4.69) is 25.7 Å². The first kappa shape index (κ1) is 12.2. The largest absolute Gasteiger partial charge is 0.391 e. The molecule has 0 aliphatic carbocycles. The van der Waals surface area contributed by atoms with Gasteiger partial charge in [0.1, 0.15) is 0 Å². The second-order valence-corrected chi connectivity index (χ2v) is 4.87. The molecule has 0 bridgehead atoms. The van der Waals surface area contributed by atoms with E-state index in [-0.39, 0.29) is 5.41 Å². The van der Waals surface area contributed by atoms with Gasteiger partial charge in [-0.25, -0.2) is 0 Å². The van der Waals surface area contributed by atoms with Gasteiger partial charge in [-0.05, 0) is 12.5 Å². The van der Waals surface area contributed by atoms with Crippen LogP contribution in [0.5, 0.6) is 0 Å². The summed E-state index contributed by atoms with van der Waals surface area (Å²) in [5.74, 6) is 0.314. The molecule has 1 N–H and O–H groups in total. The van der Waals surface area contributed by atoms with Crippen LogP contribution in [0.25, 0.3) is 0 Å². The third-order valence-corrected chi connectivity index (χ3v) is 1.80. The highest BCUT2D eigenvalue weighted by atomic mass is 35.5. The Balaban J connectivity index is 3.66. The van der Waals surface area contributed by atoms with Crippen LogP contribution in [0.3, 0.4) is 0 Å². The molecule has 0 rings (SSSR count). The van der Waals surface area contributed by atoms with Crippen LogP contribution in [0.1, 0.15) is 20.8 Å². The van der Waals surface area contributed by atoms with Crippen molar-refractivity contribution in [3.05, 3.63) is 0 Å². The summed E-state index contributed by atoms with van der Waals surface area (Å²) in [6.07, 6.45) is -0.404. The quantitative estimate of drug-likeness (QED) is 0.686.